The maximum Gasteiger partial charge on any atom is 0.323 e. The summed E-state index contributed by atoms with van der Waals surface area (Å²) in [6, 6.07) is 4.15. The minimum atomic E-state index is -0.650. The summed E-state index contributed by atoms with van der Waals surface area (Å²) in [6.45, 7) is 3.00. The monoisotopic (exact) mass is 618 g/mol. The average Bonchev–Trinajstić information content (AvgIpc) is 3.64. The van der Waals surface area contributed by atoms with E-state index >= 15 is 0 Å². The second-order valence-electron chi connectivity index (χ2n) is 11.4. The van der Waals surface area contributed by atoms with Crippen molar-refractivity contribution >= 4 is 46.4 Å². The van der Waals surface area contributed by atoms with Crippen molar-refractivity contribution < 1.29 is 19.1 Å². The first-order valence-corrected chi connectivity index (χ1v) is 16.1. The summed E-state index contributed by atoms with van der Waals surface area (Å²) in [4.78, 5) is 44.6. The molecule has 42 heavy (non-hydrogen) atoms. The molecule has 2 atom stereocenters. The second kappa shape index (κ2) is 15.7. The molecule has 0 aliphatic heterocycles. The lowest BCUT2D eigenvalue weighted by Gasteiger charge is -2.36. The largest absolute Gasteiger partial charge is 0.461 e. The van der Waals surface area contributed by atoms with Gasteiger partial charge >= 0.3 is 5.97 Å². The van der Waals surface area contributed by atoms with Crippen LogP contribution in [0.2, 0.25) is 5.02 Å². The summed E-state index contributed by atoms with van der Waals surface area (Å²) in [7, 11) is 0. The Morgan fingerprint density at radius 3 is 2.69 bits per heavy atom. The van der Waals surface area contributed by atoms with Crippen LogP contribution >= 0.6 is 22.9 Å². The van der Waals surface area contributed by atoms with Gasteiger partial charge in [0.25, 0.3) is 5.91 Å². The van der Waals surface area contributed by atoms with Crippen molar-refractivity contribution in [2.75, 3.05) is 11.9 Å². The molecule has 12 heteroatoms. The van der Waals surface area contributed by atoms with E-state index in [1.807, 2.05) is 19.1 Å². The molecule has 2 aromatic rings. The van der Waals surface area contributed by atoms with E-state index in [0.29, 0.717) is 54.6 Å². The fourth-order valence-corrected chi connectivity index (χ4v) is 6.47. The Morgan fingerprint density at radius 2 is 1.95 bits per heavy atom. The number of nitrogens with two attached hydrogens (primary N) is 2. The number of aromatic nitrogens is 1. The number of rotatable bonds is 15. The molecule has 230 valence electrons. The Bertz CT molecular complexity index is 1210. The van der Waals surface area contributed by atoms with Crippen molar-refractivity contribution in [3.8, 4) is 0 Å². The molecule has 0 spiro atoms. The first kappa shape index (κ1) is 32.2. The van der Waals surface area contributed by atoms with Crippen molar-refractivity contribution in [3.63, 3.8) is 0 Å². The first-order valence-electron chi connectivity index (χ1n) is 14.9. The highest BCUT2D eigenvalue weighted by molar-refractivity contribution is 7.14. The number of hydrogen-bond donors (Lipinski definition) is 5. The van der Waals surface area contributed by atoms with Gasteiger partial charge in [-0.1, -0.05) is 43.7 Å². The molecule has 2 aromatic heterocycles. The Kier molecular flexibility index (Phi) is 12.0. The van der Waals surface area contributed by atoms with Gasteiger partial charge in [-0.05, 0) is 56.8 Å². The summed E-state index contributed by atoms with van der Waals surface area (Å²) in [6.07, 6.45) is 9.65. The second-order valence-corrected chi connectivity index (χ2v) is 13.0. The fraction of sp³-hybridized carbons (Fsp3) is 0.600. The molecule has 2 fully saturated rings. The van der Waals surface area contributed by atoms with E-state index in [-0.39, 0.29) is 24.0 Å². The number of aryl methyl sites for hydroxylation is 1. The molecule has 2 amide bonds. The standard InChI is InChI=1S/C30H43ClN6O4S/c1-18-25(13-20(31)16-34-18)35-17-23-9-10-27(42-23)29(39)37-26(12-19-6-2-3-7-19)28(38)36-21-14-22(15-21)41-30(40)24(33)8-4-5-11-32/h9-10,13,16,19,21-22,24,26,35H,2-8,11-12,14-15,17,32-33H2,1H3,(H,36,38)(H,37,39). The van der Waals surface area contributed by atoms with Gasteiger partial charge in [0.2, 0.25) is 5.91 Å². The van der Waals surface area contributed by atoms with Gasteiger partial charge < -0.3 is 32.2 Å². The smallest absolute Gasteiger partial charge is 0.323 e. The van der Waals surface area contributed by atoms with Crippen LogP contribution in [0.4, 0.5) is 5.69 Å². The van der Waals surface area contributed by atoms with Crippen LogP contribution in [-0.4, -0.2) is 53.5 Å². The quantitative estimate of drug-likeness (QED) is 0.148. The Hall–Kier alpha value is -2.73. The molecular weight excluding hydrogens is 576 g/mol. The molecule has 2 saturated carbocycles. The third-order valence-corrected chi connectivity index (χ3v) is 9.34. The highest BCUT2D eigenvalue weighted by atomic mass is 35.5. The van der Waals surface area contributed by atoms with E-state index in [2.05, 4.69) is 20.9 Å². The molecule has 2 heterocycles. The van der Waals surface area contributed by atoms with E-state index in [1.165, 1.54) is 11.3 Å². The lowest BCUT2D eigenvalue weighted by Crippen LogP contribution is -2.55. The van der Waals surface area contributed by atoms with E-state index in [1.54, 1.807) is 12.3 Å². The number of carbonyl (C=O) groups is 3. The number of nitrogens with one attached hydrogen (secondary N) is 3. The number of hydrogen-bond acceptors (Lipinski definition) is 9. The number of thiophene rings is 1. The molecule has 0 aromatic carbocycles. The zero-order valence-corrected chi connectivity index (χ0v) is 25.8. The summed E-state index contributed by atoms with van der Waals surface area (Å²) in [5.41, 5.74) is 13.1. The fourth-order valence-electron chi connectivity index (χ4n) is 5.46. The maximum atomic E-state index is 13.3. The van der Waals surface area contributed by atoms with Crippen LogP contribution in [-0.2, 0) is 20.9 Å². The molecular formula is C30H43ClN6O4S. The summed E-state index contributed by atoms with van der Waals surface area (Å²) in [5.74, 6) is -0.437. The number of amides is 2. The number of pyridine rings is 1. The molecule has 2 aliphatic rings. The predicted octanol–water partition coefficient (Wildman–Crippen LogP) is 4.04. The van der Waals surface area contributed by atoms with Gasteiger partial charge in [-0.2, -0.15) is 0 Å². The van der Waals surface area contributed by atoms with Crippen molar-refractivity contribution in [1.82, 2.24) is 15.6 Å². The Labute approximate surface area is 256 Å². The van der Waals surface area contributed by atoms with Crippen LogP contribution in [0.3, 0.4) is 0 Å². The number of anilines is 1. The zero-order valence-electron chi connectivity index (χ0n) is 24.2. The molecule has 2 unspecified atom stereocenters. The number of carbonyl (C=O) groups excluding carboxylic acids is 3. The van der Waals surface area contributed by atoms with Gasteiger partial charge in [-0.15, -0.1) is 11.3 Å². The molecule has 2 aliphatic carbocycles. The van der Waals surface area contributed by atoms with Gasteiger partial charge in [-0.3, -0.25) is 19.4 Å². The maximum absolute atomic E-state index is 13.3. The summed E-state index contributed by atoms with van der Waals surface area (Å²) >= 11 is 7.45. The SMILES string of the molecule is Cc1ncc(Cl)cc1NCc1ccc(C(=O)NC(CC2CCCC2)C(=O)NC2CC(OC(=O)C(N)CCCCN)C2)s1. The van der Waals surface area contributed by atoms with Crippen LogP contribution in [0.1, 0.15) is 84.5 Å². The van der Waals surface area contributed by atoms with Crippen molar-refractivity contribution in [2.24, 2.45) is 17.4 Å². The minimum Gasteiger partial charge on any atom is -0.461 e. The van der Waals surface area contributed by atoms with Crippen molar-refractivity contribution in [2.45, 2.75) is 102 Å². The van der Waals surface area contributed by atoms with Crippen LogP contribution in [0.25, 0.3) is 0 Å². The normalized spacial score (nSPS) is 19.9. The predicted molar refractivity (Wildman–Crippen MR) is 165 cm³/mol. The van der Waals surface area contributed by atoms with Gasteiger partial charge in [0.15, 0.2) is 0 Å². The highest BCUT2D eigenvalue weighted by Crippen LogP contribution is 2.30. The van der Waals surface area contributed by atoms with Crippen LogP contribution < -0.4 is 27.4 Å². The van der Waals surface area contributed by atoms with Crippen LogP contribution in [0, 0.1) is 12.8 Å². The lowest BCUT2D eigenvalue weighted by atomic mass is 9.88. The van der Waals surface area contributed by atoms with E-state index in [4.69, 9.17) is 27.8 Å². The Balaban J connectivity index is 1.27. The highest BCUT2D eigenvalue weighted by Gasteiger charge is 2.36. The number of esters is 1. The number of halogens is 1. The number of unbranched alkanes of at least 4 members (excludes halogenated alkanes) is 1. The van der Waals surface area contributed by atoms with Crippen LogP contribution in [0.5, 0.6) is 0 Å². The van der Waals surface area contributed by atoms with E-state index in [0.717, 1.165) is 54.8 Å². The summed E-state index contributed by atoms with van der Waals surface area (Å²) in [5, 5.41) is 9.94. The van der Waals surface area contributed by atoms with Crippen molar-refractivity contribution in [3.05, 3.63) is 44.9 Å². The minimum absolute atomic E-state index is 0.101. The van der Waals surface area contributed by atoms with Gasteiger partial charge in [0.1, 0.15) is 18.2 Å². The summed E-state index contributed by atoms with van der Waals surface area (Å²) < 4.78 is 5.51. The van der Waals surface area contributed by atoms with Crippen LogP contribution in [0.15, 0.2) is 24.4 Å². The van der Waals surface area contributed by atoms with E-state index in [9.17, 15) is 14.4 Å². The number of nitrogens with zero attached hydrogens (tertiary/aromatic N) is 1. The first-order chi connectivity index (χ1) is 20.2. The third kappa shape index (κ3) is 9.39. The van der Waals surface area contributed by atoms with Gasteiger partial charge in [-0.25, -0.2) is 0 Å². The third-order valence-electron chi connectivity index (χ3n) is 8.05. The average molecular weight is 619 g/mol. The molecule has 0 saturated heterocycles. The molecule has 0 bridgehead atoms. The topological polar surface area (TPSA) is 161 Å². The molecule has 4 rings (SSSR count). The zero-order chi connectivity index (χ0) is 30.1. The molecule has 0 radical (unpaired) electrons. The number of ether oxygens (including phenoxy) is 1. The molecule has 7 N–H and O–H groups in total. The Morgan fingerprint density at radius 1 is 1.19 bits per heavy atom. The lowest BCUT2D eigenvalue weighted by molar-refractivity contribution is -0.156. The van der Waals surface area contributed by atoms with Gasteiger partial charge in [0, 0.05) is 36.5 Å². The van der Waals surface area contributed by atoms with Crippen molar-refractivity contribution in [1.29, 1.82) is 0 Å². The molecule has 10 nitrogen and oxygen atoms in total. The van der Waals surface area contributed by atoms with E-state index < -0.39 is 18.1 Å². The van der Waals surface area contributed by atoms with Gasteiger partial charge in [0.05, 0.1) is 21.3 Å².